The summed E-state index contributed by atoms with van der Waals surface area (Å²) in [6.07, 6.45) is 2.68. The molecule has 0 saturated carbocycles. The fourth-order valence-corrected chi connectivity index (χ4v) is 0.161. The van der Waals surface area contributed by atoms with Gasteiger partial charge in [0.15, 0.2) is 0 Å². The van der Waals surface area contributed by atoms with Crippen LogP contribution in [0.15, 0.2) is 16.9 Å². The minimum Gasteiger partial charge on any atom is -0.401 e. The molecule has 0 atom stereocenters. The Hall–Kier alpha value is -0.990. The molecule has 0 aromatic rings. The fourth-order valence-electron chi connectivity index (χ4n) is 0.161. The zero-order valence-corrected chi connectivity index (χ0v) is 4.26. The van der Waals surface area contributed by atoms with Crippen molar-refractivity contribution < 1.29 is 0 Å². The first-order chi connectivity index (χ1) is 3.27. The SMILES string of the molecule is C/C(N)=C/N=C\N. The van der Waals surface area contributed by atoms with E-state index in [0.29, 0.717) is 5.70 Å². The molecule has 0 radical (unpaired) electrons. The van der Waals surface area contributed by atoms with E-state index in [1.165, 1.54) is 12.5 Å². The monoisotopic (exact) mass is 99.1 g/mol. The summed E-state index contributed by atoms with van der Waals surface area (Å²) >= 11 is 0. The van der Waals surface area contributed by atoms with Gasteiger partial charge in [-0.3, -0.25) is 0 Å². The number of nitrogens with two attached hydrogens (primary N) is 2. The maximum Gasteiger partial charge on any atom is 0.0853 e. The molecule has 0 fully saturated rings. The molecular formula is C4H9N3. The number of hydrogen-bond acceptors (Lipinski definition) is 2. The van der Waals surface area contributed by atoms with Gasteiger partial charge in [-0.2, -0.15) is 0 Å². The lowest BCUT2D eigenvalue weighted by Crippen LogP contribution is -1.90. The Morgan fingerprint density at radius 1 is 1.71 bits per heavy atom. The van der Waals surface area contributed by atoms with Gasteiger partial charge in [0.25, 0.3) is 0 Å². The van der Waals surface area contributed by atoms with Gasteiger partial charge in [0.05, 0.1) is 6.34 Å². The molecule has 0 aromatic carbocycles. The first-order valence-electron chi connectivity index (χ1n) is 1.93. The van der Waals surface area contributed by atoms with Gasteiger partial charge in [-0.15, -0.1) is 0 Å². The summed E-state index contributed by atoms with van der Waals surface area (Å²) in [5.74, 6) is 0. The molecule has 0 unspecified atom stereocenters. The van der Waals surface area contributed by atoms with Crippen LogP contribution in [0, 0.1) is 0 Å². The van der Waals surface area contributed by atoms with Crippen molar-refractivity contribution in [3.8, 4) is 0 Å². The minimum atomic E-state index is 0.654. The lowest BCUT2D eigenvalue weighted by atomic mass is 10.6. The van der Waals surface area contributed by atoms with E-state index in [4.69, 9.17) is 11.5 Å². The molecule has 4 N–H and O–H groups in total. The molecule has 0 aliphatic carbocycles. The number of hydrogen-bond donors (Lipinski definition) is 2. The molecule has 3 heteroatoms. The third-order valence-corrected chi connectivity index (χ3v) is 0.364. The average molecular weight is 99.1 g/mol. The predicted molar refractivity (Wildman–Crippen MR) is 30.6 cm³/mol. The van der Waals surface area contributed by atoms with Crippen LogP contribution in [0.2, 0.25) is 0 Å². The van der Waals surface area contributed by atoms with E-state index in [1.807, 2.05) is 0 Å². The van der Waals surface area contributed by atoms with Gasteiger partial charge < -0.3 is 11.5 Å². The van der Waals surface area contributed by atoms with Gasteiger partial charge in [0.1, 0.15) is 0 Å². The van der Waals surface area contributed by atoms with Gasteiger partial charge in [-0.25, -0.2) is 4.99 Å². The highest BCUT2D eigenvalue weighted by molar-refractivity contribution is 5.52. The van der Waals surface area contributed by atoms with Crippen molar-refractivity contribution in [3.63, 3.8) is 0 Å². The molecule has 0 spiro atoms. The van der Waals surface area contributed by atoms with Crippen molar-refractivity contribution in [2.75, 3.05) is 0 Å². The van der Waals surface area contributed by atoms with Crippen molar-refractivity contribution in [1.82, 2.24) is 0 Å². The van der Waals surface area contributed by atoms with Crippen LogP contribution in [-0.4, -0.2) is 6.34 Å². The van der Waals surface area contributed by atoms with Crippen LogP contribution in [-0.2, 0) is 0 Å². The molecule has 0 bridgehead atoms. The van der Waals surface area contributed by atoms with Crippen molar-refractivity contribution in [3.05, 3.63) is 11.9 Å². The summed E-state index contributed by atoms with van der Waals surface area (Å²) in [6.45, 7) is 1.74. The maximum absolute atomic E-state index is 5.17. The van der Waals surface area contributed by atoms with Crippen LogP contribution in [0.3, 0.4) is 0 Å². The van der Waals surface area contributed by atoms with Gasteiger partial charge in [0.2, 0.25) is 0 Å². The van der Waals surface area contributed by atoms with E-state index in [-0.39, 0.29) is 0 Å². The van der Waals surface area contributed by atoms with Crippen LogP contribution in [0.1, 0.15) is 6.92 Å². The van der Waals surface area contributed by atoms with E-state index in [1.54, 1.807) is 6.92 Å². The van der Waals surface area contributed by atoms with Crippen LogP contribution in [0.4, 0.5) is 0 Å². The van der Waals surface area contributed by atoms with Crippen LogP contribution in [0.25, 0.3) is 0 Å². The largest absolute Gasteiger partial charge is 0.401 e. The second-order valence-corrected chi connectivity index (χ2v) is 1.17. The molecule has 0 heterocycles. The third-order valence-electron chi connectivity index (χ3n) is 0.364. The number of nitrogens with zero attached hydrogens (tertiary/aromatic N) is 1. The zero-order chi connectivity index (χ0) is 5.70. The van der Waals surface area contributed by atoms with Crippen molar-refractivity contribution >= 4 is 6.34 Å². The van der Waals surface area contributed by atoms with Crippen molar-refractivity contribution in [1.29, 1.82) is 0 Å². The molecule has 3 nitrogen and oxygen atoms in total. The minimum absolute atomic E-state index is 0.654. The van der Waals surface area contributed by atoms with E-state index in [2.05, 4.69) is 4.99 Å². The van der Waals surface area contributed by atoms with E-state index in [0.717, 1.165) is 0 Å². The smallest absolute Gasteiger partial charge is 0.0853 e. The Labute approximate surface area is 42.7 Å². The first kappa shape index (κ1) is 6.01. The summed E-state index contributed by atoms with van der Waals surface area (Å²) in [5, 5.41) is 0. The number of allylic oxidation sites excluding steroid dienone is 1. The first-order valence-corrected chi connectivity index (χ1v) is 1.93. The topological polar surface area (TPSA) is 64.4 Å². The van der Waals surface area contributed by atoms with Gasteiger partial charge >= 0.3 is 0 Å². The van der Waals surface area contributed by atoms with Gasteiger partial charge in [-0.05, 0) is 6.92 Å². The standard InChI is InChI=1S/C4H9N3/c1-4(6)2-7-3-5/h2-3H,6H2,1H3,(H2,5,7)/b4-2-. The Balaban J connectivity index is 3.46. The Morgan fingerprint density at radius 2 is 2.29 bits per heavy atom. The molecule has 0 aliphatic rings. The Morgan fingerprint density at radius 3 is 2.43 bits per heavy atom. The zero-order valence-electron chi connectivity index (χ0n) is 4.26. The highest BCUT2D eigenvalue weighted by Gasteiger charge is 1.66. The highest BCUT2D eigenvalue weighted by atomic mass is 14.8. The normalized spacial score (nSPS) is 13.0. The lowest BCUT2D eigenvalue weighted by Gasteiger charge is -1.79. The number of aliphatic imine (C=N–C) groups is 1. The average Bonchev–Trinajstić information content (AvgIpc) is 1.61. The van der Waals surface area contributed by atoms with Gasteiger partial charge in [-0.1, -0.05) is 0 Å². The summed E-state index contributed by atoms with van der Waals surface area (Å²) in [7, 11) is 0. The van der Waals surface area contributed by atoms with E-state index < -0.39 is 0 Å². The second kappa shape index (κ2) is 3.21. The van der Waals surface area contributed by atoms with Crippen LogP contribution < -0.4 is 11.5 Å². The summed E-state index contributed by atoms with van der Waals surface area (Å²) < 4.78 is 0. The highest BCUT2D eigenvalue weighted by Crippen LogP contribution is 1.76. The molecular weight excluding hydrogens is 90.1 g/mol. The predicted octanol–water partition coefficient (Wildman–Crippen LogP) is -0.207. The second-order valence-electron chi connectivity index (χ2n) is 1.17. The van der Waals surface area contributed by atoms with Crippen LogP contribution >= 0.6 is 0 Å². The van der Waals surface area contributed by atoms with Crippen molar-refractivity contribution in [2.45, 2.75) is 6.92 Å². The molecule has 0 rings (SSSR count). The summed E-state index contributed by atoms with van der Waals surface area (Å²) in [6, 6.07) is 0. The van der Waals surface area contributed by atoms with E-state index >= 15 is 0 Å². The molecule has 0 aromatic heterocycles. The lowest BCUT2D eigenvalue weighted by molar-refractivity contribution is 1.27. The molecule has 0 saturated heterocycles. The fraction of sp³-hybridized carbons (Fsp3) is 0.250. The summed E-state index contributed by atoms with van der Waals surface area (Å²) in [5.41, 5.74) is 10.7. The Bertz CT molecular complexity index is 89.1. The van der Waals surface area contributed by atoms with Crippen LogP contribution in [0.5, 0.6) is 0 Å². The third kappa shape index (κ3) is 5.01. The number of rotatable bonds is 1. The molecule has 7 heavy (non-hydrogen) atoms. The molecule has 0 aliphatic heterocycles. The summed E-state index contributed by atoms with van der Waals surface area (Å²) in [4.78, 5) is 3.54. The van der Waals surface area contributed by atoms with E-state index in [9.17, 15) is 0 Å². The van der Waals surface area contributed by atoms with Gasteiger partial charge in [0, 0.05) is 11.9 Å². The molecule has 40 valence electrons. The maximum atomic E-state index is 5.17. The Kier molecular flexibility index (Phi) is 2.76. The molecule has 0 amide bonds. The van der Waals surface area contributed by atoms with Crippen molar-refractivity contribution in [2.24, 2.45) is 16.5 Å². The quantitative estimate of drug-likeness (QED) is 0.353.